The molecule has 0 saturated carbocycles. The Kier molecular flexibility index (Phi) is 5.26. The first-order valence-electron chi connectivity index (χ1n) is 9.33. The smallest absolute Gasteiger partial charge is 0.253 e. The summed E-state index contributed by atoms with van der Waals surface area (Å²) in [6, 6.07) is 12.1. The van der Waals surface area contributed by atoms with Crippen molar-refractivity contribution >= 4 is 27.7 Å². The first-order valence-corrected chi connectivity index (χ1v) is 10.9. The van der Waals surface area contributed by atoms with Crippen molar-refractivity contribution in [3.05, 3.63) is 82.3 Å². The highest BCUT2D eigenvalue weighted by atomic mass is 32.2. The molecule has 0 aliphatic heterocycles. The van der Waals surface area contributed by atoms with Crippen molar-refractivity contribution in [1.29, 1.82) is 0 Å². The first kappa shape index (κ1) is 20.0. The highest BCUT2D eigenvalue weighted by molar-refractivity contribution is 7.85. The lowest BCUT2D eigenvalue weighted by molar-refractivity contribution is 0.624. The number of benzene rings is 2. The molecule has 30 heavy (non-hydrogen) atoms. The van der Waals surface area contributed by atoms with Crippen LogP contribution in [0.1, 0.15) is 11.1 Å². The number of hydrogen-bond acceptors (Lipinski definition) is 3. The van der Waals surface area contributed by atoms with E-state index in [1.54, 1.807) is 43.4 Å². The van der Waals surface area contributed by atoms with Gasteiger partial charge in [0.2, 0.25) is 0 Å². The molecule has 0 saturated heterocycles. The molecule has 0 amide bonds. The van der Waals surface area contributed by atoms with Crippen LogP contribution in [-0.4, -0.2) is 24.6 Å². The Morgan fingerprint density at radius 1 is 1.17 bits per heavy atom. The Balaban J connectivity index is 1.89. The Morgan fingerprint density at radius 3 is 2.67 bits per heavy atom. The zero-order valence-corrected chi connectivity index (χ0v) is 17.7. The van der Waals surface area contributed by atoms with E-state index in [1.165, 1.54) is 12.1 Å². The second kappa shape index (κ2) is 7.87. The van der Waals surface area contributed by atoms with Crippen molar-refractivity contribution in [2.24, 2.45) is 7.05 Å². The number of imidazole rings is 1. The van der Waals surface area contributed by atoms with Crippen LogP contribution < -0.4 is 10.3 Å². The summed E-state index contributed by atoms with van der Waals surface area (Å²) in [5.41, 5.74) is 5.23. The third kappa shape index (κ3) is 3.91. The molecule has 0 aliphatic carbocycles. The Labute approximate surface area is 175 Å². The number of anilines is 1. The maximum Gasteiger partial charge on any atom is 0.253 e. The fourth-order valence-corrected chi connectivity index (χ4v) is 4.02. The highest BCUT2D eigenvalue weighted by Crippen LogP contribution is 2.31. The molecule has 2 heterocycles. The minimum absolute atomic E-state index is 0.0519. The molecule has 0 fully saturated rings. The van der Waals surface area contributed by atoms with Crippen molar-refractivity contribution in [3.8, 4) is 11.1 Å². The highest BCUT2D eigenvalue weighted by Gasteiger charge is 2.14. The van der Waals surface area contributed by atoms with Crippen LogP contribution in [0.25, 0.3) is 22.2 Å². The Hall–Kier alpha value is -3.26. The predicted octanol–water partition coefficient (Wildman–Crippen LogP) is 3.60. The van der Waals surface area contributed by atoms with Gasteiger partial charge < -0.3 is 13.9 Å². The van der Waals surface area contributed by atoms with Gasteiger partial charge in [0.1, 0.15) is 22.3 Å². The summed E-state index contributed by atoms with van der Waals surface area (Å²) in [6.07, 6.45) is 5.02. The van der Waals surface area contributed by atoms with E-state index in [-0.39, 0.29) is 11.4 Å². The van der Waals surface area contributed by atoms with Gasteiger partial charge in [-0.05, 0) is 53.9 Å². The van der Waals surface area contributed by atoms with Crippen molar-refractivity contribution in [2.45, 2.75) is 13.5 Å². The lowest BCUT2D eigenvalue weighted by atomic mass is 10.0. The van der Waals surface area contributed by atoms with Gasteiger partial charge in [0.15, 0.2) is 0 Å². The molecular weight excluding hydrogens is 403 g/mol. The van der Waals surface area contributed by atoms with Crippen LogP contribution in [0.5, 0.6) is 0 Å². The normalized spacial score (nSPS) is 12.3. The summed E-state index contributed by atoms with van der Waals surface area (Å²) in [4.78, 5) is 16.6. The van der Waals surface area contributed by atoms with Crippen LogP contribution in [-0.2, 0) is 24.6 Å². The van der Waals surface area contributed by atoms with E-state index < -0.39 is 11.0 Å². The maximum atomic E-state index is 13.6. The molecule has 4 rings (SSSR count). The van der Waals surface area contributed by atoms with Crippen LogP contribution in [0.2, 0.25) is 0 Å². The van der Waals surface area contributed by atoms with E-state index in [0.717, 1.165) is 22.2 Å². The molecule has 4 aromatic rings. The molecule has 0 bridgehead atoms. The van der Waals surface area contributed by atoms with E-state index in [1.807, 2.05) is 28.8 Å². The summed E-state index contributed by atoms with van der Waals surface area (Å²) in [6.45, 7) is 2.22. The largest absolute Gasteiger partial charge is 0.326 e. The van der Waals surface area contributed by atoms with Gasteiger partial charge in [-0.25, -0.2) is 13.6 Å². The SMILES string of the molecule is Cc1cc(-c2cc(NS(C)=O)c3ncn(Cc4cccc(F)c4)c3c2)cn(C)c1=O. The van der Waals surface area contributed by atoms with E-state index >= 15 is 0 Å². The number of aryl methyl sites for hydroxylation is 2. The summed E-state index contributed by atoms with van der Waals surface area (Å²) in [5, 5.41) is 0. The standard InChI is InChI=1S/C22H21FN4O2S/c1-14-7-17(12-26(2)22(14)28)16-9-19(25-30(3)29)21-20(10-16)27(13-24-21)11-15-5-4-6-18(23)8-15/h4-10,12-13,25H,11H2,1-3H3. The minimum atomic E-state index is -1.29. The summed E-state index contributed by atoms with van der Waals surface area (Å²) in [7, 11) is 0.429. The molecule has 2 aromatic carbocycles. The summed E-state index contributed by atoms with van der Waals surface area (Å²) >= 11 is 0. The quantitative estimate of drug-likeness (QED) is 0.532. The predicted molar refractivity (Wildman–Crippen MR) is 118 cm³/mol. The average molecular weight is 425 g/mol. The fourth-order valence-electron chi connectivity index (χ4n) is 3.56. The summed E-state index contributed by atoms with van der Waals surface area (Å²) < 4.78 is 31.9. The number of nitrogens with one attached hydrogen (secondary N) is 1. The number of nitrogens with zero attached hydrogens (tertiary/aromatic N) is 3. The second-order valence-electron chi connectivity index (χ2n) is 7.28. The lowest BCUT2D eigenvalue weighted by Gasteiger charge is -2.12. The molecule has 154 valence electrons. The topological polar surface area (TPSA) is 68.9 Å². The number of fused-ring (bicyclic) bond motifs is 1. The van der Waals surface area contributed by atoms with Gasteiger partial charge in [-0.1, -0.05) is 12.1 Å². The molecule has 1 atom stereocenters. The van der Waals surface area contributed by atoms with Crippen LogP contribution in [0.15, 0.2) is 59.8 Å². The van der Waals surface area contributed by atoms with E-state index in [9.17, 15) is 13.4 Å². The van der Waals surface area contributed by atoms with Crippen molar-refractivity contribution in [1.82, 2.24) is 14.1 Å². The Morgan fingerprint density at radius 2 is 1.97 bits per heavy atom. The van der Waals surface area contributed by atoms with E-state index in [2.05, 4.69) is 9.71 Å². The molecule has 6 nitrogen and oxygen atoms in total. The van der Waals surface area contributed by atoms with Gasteiger partial charge in [-0.2, -0.15) is 0 Å². The zero-order chi connectivity index (χ0) is 21.4. The number of halogens is 1. The van der Waals surface area contributed by atoms with Gasteiger partial charge in [-0.3, -0.25) is 4.79 Å². The molecule has 0 spiro atoms. The van der Waals surface area contributed by atoms with Crippen LogP contribution >= 0.6 is 0 Å². The Bertz CT molecular complexity index is 1320. The molecule has 1 N–H and O–H groups in total. The van der Waals surface area contributed by atoms with Crippen LogP contribution in [0, 0.1) is 12.7 Å². The molecule has 0 aliphatic rings. The van der Waals surface area contributed by atoms with Crippen molar-refractivity contribution in [3.63, 3.8) is 0 Å². The third-order valence-electron chi connectivity index (χ3n) is 4.92. The van der Waals surface area contributed by atoms with Crippen molar-refractivity contribution < 1.29 is 8.60 Å². The monoisotopic (exact) mass is 424 g/mol. The van der Waals surface area contributed by atoms with Crippen LogP contribution in [0.3, 0.4) is 0 Å². The minimum Gasteiger partial charge on any atom is -0.326 e. The van der Waals surface area contributed by atoms with Gasteiger partial charge in [-0.15, -0.1) is 0 Å². The van der Waals surface area contributed by atoms with E-state index in [4.69, 9.17) is 0 Å². The second-order valence-corrected chi connectivity index (χ2v) is 8.39. The van der Waals surface area contributed by atoms with Gasteiger partial charge in [0.25, 0.3) is 5.56 Å². The molecule has 1 unspecified atom stereocenters. The number of hydrogen-bond donors (Lipinski definition) is 1. The third-order valence-corrected chi connectivity index (χ3v) is 5.42. The number of pyridine rings is 1. The van der Waals surface area contributed by atoms with Gasteiger partial charge in [0.05, 0.1) is 17.5 Å². The first-order chi connectivity index (χ1) is 14.3. The molecular formula is C22H21FN4O2S. The molecule has 8 heteroatoms. The van der Waals surface area contributed by atoms with E-state index in [0.29, 0.717) is 23.3 Å². The maximum absolute atomic E-state index is 13.6. The molecule has 2 aromatic heterocycles. The average Bonchev–Trinajstić information content (AvgIpc) is 3.08. The van der Waals surface area contributed by atoms with Gasteiger partial charge in [0, 0.05) is 31.6 Å². The van der Waals surface area contributed by atoms with Crippen LogP contribution in [0.4, 0.5) is 10.1 Å². The molecule has 0 radical (unpaired) electrons. The lowest BCUT2D eigenvalue weighted by Crippen LogP contribution is -2.18. The van der Waals surface area contributed by atoms with Gasteiger partial charge >= 0.3 is 0 Å². The van der Waals surface area contributed by atoms with Crippen molar-refractivity contribution in [2.75, 3.05) is 11.0 Å². The fraction of sp³-hybridized carbons (Fsp3) is 0.182. The number of aromatic nitrogens is 3. The zero-order valence-electron chi connectivity index (χ0n) is 16.8. The number of rotatable bonds is 5. The summed E-state index contributed by atoms with van der Waals surface area (Å²) in [5.74, 6) is -0.290.